The molecule has 8 rings (SSSR count). The minimum absolute atomic E-state index is 0.0132. The molecule has 1 spiro atoms. The number of alkyl halides is 1. The summed E-state index contributed by atoms with van der Waals surface area (Å²) in [7, 11) is 1.68. The number of hydrogen-bond donors (Lipinski definition) is 2. The molecule has 304 valence electrons. The van der Waals surface area contributed by atoms with E-state index in [0.29, 0.717) is 44.9 Å². The fourth-order valence-electron chi connectivity index (χ4n) is 11.2. The van der Waals surface area contributed by atoms with Gasteiger partial charge in [0.25, 0.3) is 0 Å². The molecule has 8 fully saturated rings. The van der Waals surface area contributed by atoms with Gasteiger partial charge in [-0.3, -0.25) is 4.79 Å². The predicted octanol–water partition coefficient (Wildman–Crippen LogP) is 5.68. The van der Waals surface area contributed by atoms with E-state index in [4.69, 9.17) is 37.9 Å². The van der Waals surface area contributed by atoms with Crippen LogP contribution in [0.4, 0.5) is 0 Å². The third kappa shape index (κ3) is 8.07. The van der Waals surface area contributed by atoms with Crippen molar-refractivity contribution in [3.05, 3.63) is 24.3 Å². The summed E-state index contributed by atoms with van der Waals surface area (Å²) >= 11 is 2.43. The molecule has 0 amide bonds. The Morgan fingerprint density at radius 2 is 1.63 bits per heavy atom. The van der Waals surface area contributed by atoms with Crippen LogP contribution in [0.3, 0.4) is 0 Å². The summed E-state index contributed by atoms with van der Waals surface area (Å²) in [6.07, 6.45) is 4.88. The molecule has 19 atom stereocenters. The Morgan fingerprint density at radius 3 is 2.43 bits per heavy atom. The second kappa shape index (κ2) is 16.6. The van der Waals surface area contributed by atoms with Gasteiger partial charge in [0.15, 0.2) is 5.79 Å². The van der Waals surface area contributed by atoms with Crippen molar-refractivity contribution in [1.82, 2.24) is 0 Å². The Balaban J connectivity index is 1.07. The lowest BCUT2D eigenvalue weighted by atomic mass is 9.81. The highest BCUT2D eigenvalue weighted by Gasteiger charge is 2.63. The van der Waals surface area contributed by atoms with Gasteiger partial charge in [0.1, 0.15) is 36.3 Å². The molecule has 8 saturated heterocycles. The third-order valence-corrected chi connectivity index (χ3v) is 15.2. The zero-order chi connectivity index (χ0) is 37.9. The van der Waals surface area contributed by atoms with Gasteiger partial charge in [0, 0.05) is 55.5 Å². The van der Waals surface area contributed by atoms with Crippen LogP contribution in [0.25, 0.3) is 0 Å². The fraction of sp³-hybridized carbons (Fsp3) is 0.881. The number of halogens is 1. The lowest BCUT2D eigenvalue weighted by Gasteiger charge is -2.49. The Hall–Kier alpha value is -0.520. The second-order valence-corrected chi connectivity index (χ2v) is 19.4. The zero-order valence-corrected chi connectivity index (χ0v) is 34.5. The Morgan fingerprint density at radius 1 is 0.870 bits per heavy atom. The molecule has 0 aromatic rings. The molecule has 0 aromatic carbocycles. The predicted molar refractivity (Wildman–Crippen MR) is 207 cm³/mol. The summed E-state index contributed by atoms with van der Waals surface area (Å²) in [5.74, 6) is -0.719. The molecule has 0 aliphatic carbocycles. The summed E-state index contributed by atoms with van der Waals surface area (Å²) in [6, 6.07) is 0. The van der Waals surface area contributed by atoms with E-state index in [1.807, 2.05) is 0 Å². The van der Waals surface area contributed by atoms with Gasteiger partial charge in [-0.15, -0.1) is 0 Å². The number of fused-ring (bicyclic) bond motifs is 9. The van der Waals surface area contributed by atoms with Crippen LogP contribution in [-0.4, -0.2) is 124 Å². The summed E-state index contributed by atoms with van der Waals surface area (Å²) in [5, 5.41) is 22.6. The Labute approximate surface area is 334 Å². The highest BCUT2D eigenvalue weighted by atomic mass is 127. The third-order valence-electron chi connectivity index (χ3n) is 14.0. The number of carbonyl (C=O) groups is 1. The number of rotatable bonds is 5. The van der Waals surface area contributed by atoms with Crippen molar-refractivity contribution < 1.29 is 52.9 Å². The number of methoxy groups -OCH3 is 1. The number of ketones is 1. The van der Waals surface area contributed by atoms with Crippen molar-refractivity contribution >= 4 is 28.4 Å². The minimum atomic E-state index is -0.902. The van der Waals surface area contributed by atoms with Crippen molar-refractivity contribution in [2.24, 2.45) is 11.8 Å². The Kier molecular flexibility index (Phi) is 12.4. The van der Waals surface area contributed by atoms with Gasteiger partial charge in [0.2, 0.25) is 0 Å². The lowest BCUT2D eigenvalue weighted by molar-refractivity contribution is -0.299. The van der Waals surface area contributed by atoms with E-state index in [1.54, 1.807) is 7.11 Å². The van der Waals surface area contributed by atoms with E-state index in [9.17, 15) is 15.0 Å². The fourth-order valence-corrected chi connectivity index (χ4v) is 12.4. The van der Waals surface area contributed by atoms with Crippen molar-refractivity contribution in [3.63, 3.8) is 0 Å². The monoisotopic (exact) mass is 870 g/mol. The summed E-state index contributed by atoms with van der Waals surface area (Å²) in [4.78, 5) is 14.1. The molecule has 4 unspecified atom stereocenters. The number of hydrogen-bond acceptors (Lipinski definition) is 11. The van der Waals surface area contributed by atoms with Crippen LogP contribution in [-0.2, 0) is 42.7 Å². The zero-order valence-electron chi connectivity index (χ0n) is 32.4. The standard InChI is InChI=1S/C42H63IO11/c1-6-7-24(44)18-35-37(47-5)29-17-25(45)16-27-9-11-32-39(50-27)41-36(46)40(52-32)38-30(43)20-42(53-38,54-41)13-12-28-15-22(3)31(48-28)10-8-26-14-21(2)23(4)33(49-26)19-34(29)51-35/h21,24,26-41,44,46H,3-4,6-20H2,1-2,5H3/t21-,24-,26?,27?,28+,29+,30?,31+,32+,33-,34?,35-,36-,37-,38+,39+,40-,41-,42+/m1/s1. The van der Waals surface area contributed by atoms with Gasteiger partial charge < -0.3 is 48.1 Å². The number of carbonyl (C=O) groups excluding carboxylic acids is 1. The number of aliphatic hydroxyl groups excluding tert-OH is 2. The average molecular weight is 871 g/mol. The van der Waals surface area contributed by atoms with E-state index in [1.165, 1.54) is 0 Å². The molecule has 0 saturated carbocycles. The van der Waals surface area contributed by atoms with Crippen LogP contribution in [0.5, 0.6) is 0 Å². The topological polar surface area (TPSA) is 131 Å². The first-order valence-corrected chi connectivity index (χ1v) is 22.2. The second-order valence-electron chi connectivity index (χ2n) is 17.8. The molecule has 11 nitrogen and oxygen atoms in total. The molecule has 54 heavy (non-hydrogen) atoms. The van der Waals surface area contributed by atoms with Gasteiger partial charge in [-0.05, 0) is 68.4 Å². The quantitative estimate of drug-likeness (QED) is 0.201. The van der Waals surface area contributed by atoms with Crippen LogP contribution in [0.15, 0.2) is 24.3 Å². The molecule has 12 heteroatoms. The molecule has 8 aliphatic rings. The first-order valence-electron chi connectivity index (χ1n) is 21.0. The van der Waals surface area contributed by atoms with Gasteiger partial charge in [-0.2, -0.15) is 0 Å². The SMILES string of the molecule is C=C1C[C@@H]2CC[C@]34CC(I)[C@H](O3)[C@@H]3O[C@H]5CCC(CC(=O)C[C@H]6C(C[C@H]7OC(CC[C@@H]1O2)C[C@@H](C)C7=C)O[C@H](C[C@H](O)CCC)[C@@H]6OC)O[C@@H]5[C@H](O4)[C@@H]3O. The summed E-state index contributed by atoms with van der Waals surface area (Å²) < 4.78 is 53.5. The van der Waals surface area contributed by atoms with E-state index in [-0.39, 0.29) is 95.4 Å². The maximum absolute atomic E-state index is 14.1. The molecule has 8 heterocycles. The van der Waals surface area contributed by atoms with Gasteiger partial charge in [-0.1, -0.05) is 56.0 Å². The van der Waals surface area contributed by atoms with Gasteiger partial charge >= 0.3 is 0 Å². The van der Waals surface area contributed by atoms with Gasteiger partial charge in [0.05, 0.1) is 61.0 Å². The molecule has 0 radical (unpaired) electrons. The molecule has 8 aliphatic heterocycles. The molecule has 0 aromatic heterocycles. The molecular formula is C42H63IO11. The van der Waals surface area contributed by atoms with E-state index < -0.39 is 36.3 Å². The van der Waals surface area contributed by atoms with Crippen LogP contribution >= 0.6 is 22.6 Å². The smallest absolute Gasteiger partial charge is 0.170 e. The summed E-state index contributed by atoms with van der Waals surface area (Å²) in [6.45, 7) is 13.2. The minimum Gasteiger partial charge on any atom is -0.393 e. The van der Waals surface area contributed by atoms with Crippen molar-refractivity contribution in [2.75, 3.05) is 7.11 Å². The Bertz CT molecular complexity index is 1380. The number of Topliss-reactive ketones (excluding diaryl/α,β-unsaturated/α-hetero) is 1. The summed E-state index contributed by atoms with van der Waals surface area (Å²) in [5.41, 5.74) is 2.19. The highest BCUT2D eigenvalue weighted by Crippen LogP contribution is 2.51. The molecular weight excluding hydrogens is 807 g/mol. The van der Waals surface area contributed by atoms with Crippen LogP contribution in [0, 0.1) is 11.8 Å². The average Bonchev–Trinajstić information content (AvgIpc) is 3.75. The van der Waals surface area contributed by atoms with Crippen molar-refractivity contribution in [1.29, 1.82) is 0 Å². The van der Waals surface area contributed by atoms with Gasteiger partial charge in [-0.25, -0.2) is 0 Å². The molecule has 2 N–H and O–H groups in total. The van der Waals surface area contributed by atoms with E-state index in [0.717, 1.165) is 49.7 Å². The number of ether oxygens (including phenoxy) is 8. The van der Waals surface area contributed by atoms with Crippen LogP contribution in [0.2, 0.25) is 0 Å². The largest absolute Gasteiger partial charge is 0.393 e. The van der Waals surface area contributed by atoms with Crippen molar-refractivity contribution in [3.8, 4) is 0 Å². The van der Waals surface area contributed by atoms with E-state index in [2.05, 4.69) is 49.6 Å². The first kappa shape index (κ1) is 40.3. The maximum Gasteiger partial charge on any atom is 0.170 e. The highest BCUT2D eigenvalue weighted by molar-refractivity contribution is 14.1. The maximum atomic E-state index is 14.1. The van der Waals surface area contributed by atoms with Crippen LogP contribution < -0.4 is 0 Å². The molecule has 10 bridgehead atoms. The van der Waals surface area contributed by atoms with E-state index >= 15 is 0 Å². The first-order chi connectivity index (χ1) is 25.9. The number of aliphatic hydroxyl groups is 2. The van der Waals surface area contributed by atoms with Crippen LogP contribution in [0.1, 0.15) is 110 Å². The normalized spacial score (nSPS) is 50.3. The lowest BCUT2D eigenvalue weighted by Crippen LogP contribution is -2.64. The van der Waals surface area contributed by atoms with Crippen molar-refractivity contribution in [2.45, 2.75) is 211 Å².